The average molecular weight is 222 g/mol. The van der Waals surface area contributed by atoms with E-state index in [2.05, 4.69) is 15.5 Å². The highest BCUT2D eigenvalue weighted by Gasteiger charge is 2.34. The molecule has 0 aromatic carbocycles. The van der Waals surface area contributed by atoms with Gasteiger partial charge in [-0.05, 0) is 26.2 Å². The van der Waals surface area contributed by atoms with E-state index >= 15 is 0 Å². The van der Waals surface area contributed by atoms with Crippen LogP contribution in [0, 0.1) is 0 Å². The summed E-state index contributed by atoms with van der Waals surface area (Å²) in [6.45, 7) is 1.94. The molecular formula is C11H18N4O. The number of hydrogen-bond donors (Lipinski definition) is 3. The Morgan fingerprint density at radius 2 is 2.50 bits per heavy atom. The first kappa shape index (κ1) is 11.1. The van der Waals surface area contributed by atoms with Gasteiger partial charge < -0.3 is 11.1 Å². The number of H-pyrrole nitrogens is 1. The number of aromatic nitrogens is 2. The fourth-order valence-electron chi connectivity index (χ4n) is 2.00. The van der Waals surface area contributed by atoms with Crippen LogP contribution in [0.3, 0.4) is 0 Å². The first-order chi connectivity index (χ1) is 7.59. The standard InChI is InChI=1S/C11H18N4O/c1-8(9-6-13-14-7-9)15-10(16)5-11(12)3-2-4-11/h6-8H,2-5,12H2,1H3,(H,13,14)(H,15,16). The SMILES string of the molecule is CC(NC(=O)CC1(N)CCC1)c1cn[nH]c1. The third kappa shape index (κ3) is 2.41. The summed E-state index contributed by atoms with van der Waals surface area (Å²) in [6, 6.07) is -0.0186. The van der Waals surface area contributed by atoms with Crippen molar-refractivity contribution in [1.82, 2.24) is 15.5 Å². The van der Waals surface area contributed by atoms with Gasteiger partial charge in [-0.1, -0.05) is 0 Å². The van der Waals surface area contributed by atoms with Crippen LogP contribution >= 0.6 is 0 Å². The summed E-state index contributed by atoms with van der Waals surface area (Å²) < 4.78 is 0. The van der Waals surface area contributed by atoms with Gasteiger partial charge >= 0.3 is 0 Å². The van der Waals surface area contributed by atoms with Crippen LogP contribution in [-0.2, 0) is 4.79 Å². The molecule has 0 spiro atoms. The second-order valence-electron chi connectivity index (χ2n) is 4.71. The summed E-state index contributed by atoms with van der Waals surface area (Å²) in [5.41, 5.74) is 6.75. The molecule has 5 heteroatoms. The molecule has 0 bridgehead atoms. The number of nitrogens with one attached hydrogen (secondary N) is 2. The van der Waals surface area contributed by atoms with Gasteiger partial charge in [0.05, 0.1) is 12.2 Å². The lowest BCUT2D eigenvalue weighted by molar-refractivity contribution is -0.123. The molecule has 0 radical (unpaired) electrons. The highest BCUT2D eigenvalue weighted by Crippen LogP contribution is 2.32. The summed E-state index contributed by atoms with van der Waals surface area (Å²) in [5.74, 6) is 0.0240. The fraction of sp³-hybridized carbons (Fsp3) is 0.636. The molecule has 88 valence electrons. The minimum atomic E-state index is -0.250. The second-order valence-corrected chi connectivity index (χ2v) is 4.71. The first-order valence-corrected chi connectivity index (χ1v) is 5.66. The van der Waals surface area contributed by atoms with E-state index in [9.17, 15) is 4.79 Å². The lowest BCUT2D eigenvalue weighted by Gasteiger charge is -2.37. The van der Waals surface area contributed by atoms with Gasteiger partial charge in [0.25, 0.3) is 0 Å². The predicted molar refractivity (Wildman–Crippen MR) is 60.5 cm³/mol. The smallest absolute Gasteiger partial charge is 0.222 e. The Hall–Kier alpha value is -1.36. The van der Waals surface area contributed by atoms with Crippen LogP contribution in [0.1, 0.15) is 44.2 Å². The van der Waals surface area contributed by atoms with E-state index in [-0.39, 0.29) is 17.5 Å². The van der Waals surface area contributed by atoms with E-state index in [4.69, 9.17) is 5.73 Å². The molecule has 1 fully saturated rings. The number of rotatable bonds is 4. The third-order valence-electron chi connectivity index (χ3n) is 3.26. The van der Waals surface area contributed by atoms with Crippen LogP contribution in [0.5, 0.6) is 0 Å². The maximum atomic E-state index is 11.7. The molecule has 1 aromatic rings. The molecule has 1 atom stereocenters. The largest absolute Gasteiger partial charge is 0.349 e. The Labute approximate surface area is 94.8 Å². The first-order valence-electron chi connectivity index (χ1n) is 5.66. The Bertz CT molecular complexity index is 356. The number of amides is 1. The number of nitrogens with zero attached hydrogens (tertiary/aromatic N) is 1. The molecule has 1 heterocycles. The number of hydrogen-bond acceptors (Lipinski definition) is 3. The van der Waals surface area contributed by atoms with Crippen molar-refractivity contribution in [3.63, 3.8) is 0 Å². The van der Waals surface area contributed by atoms with Gasteiger partial charge in [0.1, 0.15) is 0 Å². The Morgan fingerprint density at radius 1 is 1.75 bits per heavy atom. The summed E-state index contributed by atoms with van der Waals surface area (Å²) in [5, 5.41) is 9.51. The Kier molecular flexibility index (Phi) is 2.96. The fourth-order valence-corrected chi connectivity index (χ4v) is 2.00. The number of carbonyl (C=O) groups is 1. The third-order valence-corrected chi connectivity index (χ3v) is 3.26. The van der Waals surface area contributed by atoms with Gasteiger partial charge in [0.2, 0.25) is 5.91 Å². The highest BCUT2D eigenvalue weighted by molar-refractivity contribution is 5.77. The van der Waals surface area contributed by atoms with Crippen LogP contribution in [0.15, 0.2) is 12.4 Å². The van der Waals surface area contributed by atoms with E-state index in [1.807, 2.05) is 6.92 Å². The zero-order valence-corrected chi connectivity index (χ0v) is 9.49. The summed E-state index contributed by atoms with van der Waals surface area (Å²) in [6.07, 6.45) is 6.98. The minimum Gasteiger partial charge on any atom is -0.349 e. The predicted octanol–water partition coefficient (Wildman–Crippen LogP) is 0.858. The molecule has 1 aliphatic carbocycles. The van der Waals surface area contributed by atoms with Gasteiger partial charge in [0, 0.05) is 23.7 Å². The zero-order valence-electron chi connectivity index (χ0n) is 9.49. The average Bonchev–Trinajstić information content (AvgIpc) is 2.67. The normalized spacial score (nSPS) is 19.9. The Morgan fingerprint density at radius 3 is 3.00 bits per heavy atom. The zero-order chi connectivity index (χ0) is 11.6. The molecule has 2 rings (SSSR count). The summed E-state index contributed by atoms with van der Waals surface area (Å²) >= 11 is 0. The van der Waals surface area contributed by atoms with Crippen molar-refractivity contribution in [1.29, 1.82) is 0 Å². The summed E-state index contributed by atoms with van der Waals surface area (Å²) in [7, 11) is 0. The van der Waals surface area contributed by atoms with Gasteiger partial charge in [0.15, 0.2) is 0 Å². The molecule has 5 nitrogen and oxygen atoms in total. The number of aromatic amines is 1. The van der Waals surface area contributed by atoms with E-state index in [1.54, 1.807) is 12.4 Å². The maximum Gasteiger partial charge on any atom is 0.222 e. The van der Waals surface area contributed by atoms with Crippen LogP contribution in [-0.4, -0.2) is 21.6 Å². The number of carbonyl (C=O) groups excluding carboxylic acids is 1. The second kappa shape index (κ2) is 4.25. The van der Waals surface area contributed by atoms with Crippen molar-refractivity contribution in [2.24, 2.45) is 5.73 Å². The molecule has 0 saturated heterocycles. The van der Waals surface area contributed by atoms with Crippen LogP contribution in [0.2, 0.25) is 0 Å². The van der Waals surface area contributed by atoms with E-state index < -0.39 is 0 Å². The Balaban J connectivity index is 1.83. The molecule has 1 saturated carbocycles. The molecule has 0 aliphatic heterocycles. The van der Waals surface area contributed by atoms with E-state index in [0.717, 1.165) is 24.8 Å². The lowest BCUT2D eigenvalue weighted by Crippen LogP contribution is -2.50. The minimum absolute atomic E-state index is 0.0186. The van der Waals surface area contributed by atoms with Crippen LogP contribution < -0.4 is 11.1 Å². The molecular weight excluding hydrogens is 204 g/mol. The molecule has 4 N–H and O–H groups in total. The molecule has 1 aliphatic rings. The molecule has 1 aromatic heterocycles. The van der Waals surface area contributed by atoms with Crippen molar-refractivity contribution in [2.45, 2.75) is 44.2 Å². The van der Waals surface area contributed by atoms with Crippen molar-refractivity contribution in [2.75, 3.05) is 0 Å². The van der Waals surface area contributed by atoms with Gasteiger partial charge in [-0.2, -0.15) is 5.10 Å². The van der Waals surface area contributed by atoms with Crippen molar-refractivity contribution < 1.29 is 4.79 Å². The topological polar surface area (TPSA) is 83.8 Å². The summed E-state index contributed by atoms with van der Waals surface area (Å²) in [4.78, 5) is 11.7. The van der Waals surface area contributed by atoms with E-state index in [1.165, 1.54) is 0 Å². The van der Waals surface area contributed by atoms with Gasteiger partial charge in [-0.25, -0.2) is 0 Å². The molecule has 1 amide bonds. The monoisotopic (exact) mass is 222 g/mol. The van der Waals surface area contributed by atoms with Crippen molar-refractivity contribution in [3.8, 4) is 0 Å². The van der Waals surface area contributed by atoms with Gasteiger partial charge in [-0.3, -0.25) is 9.89 Å². The maximum absolute atomic E-state index is 11.7. The number of nitrogens with two attached hydrogens (primary N) is 1. The van der Waals surface area contributed by atoms with E-state index in [0.29, 0.717) is 6.42 Å². The van der Waals surface area contributed by atoms with Gasteiger partial charge in [-0.15, -0.1) is 0 Å². The lowest BCUT2D eigenvalue weighted by atomic mass is 9.75. The quantitative estimate of drug-likeness (QED) is 0.706. The highest BCUT2D eigenvalue weighted by atomic mass is 16.1. The van der Waals surface area contributed by atoms with Crippen LogP contribution in [0.25, 0.3) is 0 Å². The molecule has 1 unspecified atom stereocenters. The molecule has 16 heavy (non-hydrogen) atoms. The van der Waals surface area contributed by atoms with Crippen LogP contribution in [0.4, 0.5) is 0 Å². The van der Waals surface area contributed by atoms with Crippen molar-refractivity contribution in [3.05, 3.63) is 18.0 Å². The van der Waals surface area contributed by atoms with Crippen molar-refractivity contribution >= 4 is 5.91 Å².